The molecule has 3 N–H and O–H groups in total. The molecule has 1 aliphatic heterocycles. The Morgan fingerprint density at radius 3 is 2.71 bits per heavy atom. The van der Waals surface area contributed by atoms with E-state index in [1.54, 1.807) is 18.7 Å². The van der Waals surface area contributed by atoms with Gasteiger partial charge in [-0.05, 0) is 25.5 Å². The zero-order valence-corrected chi connectivity index (χ0v) is 11.8. The van der Waals surface area contributed by atoms with Gasteiger partial charge in [0, 0.05) is 24.4 Å². The highest BCUT2D eigenvalue weighted by Crippen LogP contribution is 2.26. The molecule has 1 fully saturated rings. The van der Waals surface area contributed by atoms with Crippen molar-refractivity contribution in [2.24, 2.45) is 0 Å². The Hall–Kier alpha value is -2.48. The number of amides is 2. The quantitative estimate of drug-likeness (QED) is 0.360. The molecule has 0 aromatic heterocycles. The lowest BCUT2D eigenvalue weighted by atomic mass is 9.97. The Bertz CT molecular complexity index is 627. The normalized spacial score (nSPS) is 18.4. The Kier molecular flexibility index (Phi) is 3.65. The van der Waals surface area contributed by atoms with E-state index in [2.05, 4.69) is 5.32 Å². The molecule has 0 spiro atoms. The van der Waals surface area contributed by atoms with Gasteiger partial charge < -0.3 is 5.73 Å². The van der Waals surface area contributed by atoms with Crippen molar-refractivity contribution in [2.45, 2.75) is 25.9 Å². The molecule has 1 heterocycles. The summed E-state index contributed by atoms with van der Waals surface area (Å²) in [7, 11) is 0. The van der Waals surface area contributed by atoms with Gasteiger partial charge in [0.05, 0.1) is 17.0 Å². The number of anilines is 1. The van der Waals surface area contributed by atoms with Crippen molar-refractivity contribution in [3.05, 3.63) is 33.9 Å². The number of carbonyl (C=O) groups is 2. The highest BCUT2D eigenvalue weighted by Gasteiger charge is 2.40. The van der Waals surface area contributed by atoms with Crippen LogP contribution in [0.3, 0.4) is 0 Å². The fourth-order valence-electron chi connectivity index (χ4n) is 2.14. The Morgan fingerprint density at radius 2 is 2.10 bits per heavy atom. The molecule has 8 nitrogen and oxygen atoms in total. The Labute approximate surface area is 121 Å². The summed E-state index contributed by atoms with van der Waals surface area (Å²) in [6.45, 7) is 3.57. The minimum atomic E-state index is -0.898. The second-order valence-electron chi connectivity index (χ2n) is 5.43. The van der Waals surface area contributed by atoms with E-state index in [1.807, 2.05) is 0 Å². The van der Waals surface area contributed by atoms with Crippen molar-refractivity contribution in [1.82, 2.24) is 10.2 Å². The maximum absolute atomic E-state index is 11.9. The summed E-state index contributed by atoms with van der Waals surface area (Å²) in [5.74, 6) is -0.800. The van der Waals surface area contributed by atoms with Gasteiger partial charge in [0.25, 0.3) is 5.69 Å². The number of nitrogens with zero attached hydrogens (tertiary/aromatic N) is 2. The monoisotopic (exact) mass is 292 g/mol. The number of imide groups is 1. The van der Waals surface area contributed by atoms with Crippen LogP contribution in [0, 0.1) is 10.1 Å². The van der Waals surface area contributed by atoms with E-state index in [9.17, 15) is 19.7 Å². The minimum absolute atomic E-state index is 0.0286. The molecule has 0 atom stereocenters. The molecule has 2 amide bonds. The zero-order valence-electron chi connectivity index (χ0n) is 11.8. The van der Waals surface area contributed by atoms with E-state index >= 15 is 0 Å². The number of nitrogens with two attached hydrogens (primary N) is 1. The topological polar surface area (TPSA) is 119 Å². The highest BCUT2D eigenvalue weighted by molar-refractivity contribution is 6.02. The van der Waals surface area contributed by atoms with Crippen LogP contribution in [0.25, 0.3) is 0 Å². The van der Waals surface area contributed by atoms with Crippen LogP contribution in [-0.4, -0.2) is 33.7 Å². The maximum atomic E-state index is 11.9. The number of rotatable bonds is 3. The summed E-state index contributed by atoms with van der Waals surface area (Å²) in [6, 6.07) is 4.13. The molecule has 0 saturated carbocycles. The predicted octanol–water partition coefficient (Wildman–Crippen LogP) is 0.414. The van der Waals surface area contributed by atoms with Crippen molar-refractivity contribution < 1.29 is 14.5 Å². The third kappa shape index (κ3) is 2.84. The van der Waals surface area contributed by atoms with Gasteiger partial charge in [0.2, 0.25) is 11.8 Å². The first-order valence-corrected chi connectivity index (χ1v) is 6.34. The lowest BCUT2D eigenvalue weighted by Crippen LogP contribution is -2.63. The fraction of sp³-hybridized carbons (Fsp3) is 0.385. The summed E-state index contributed by atoms with van der Waals surface area (Å²) in [6.07, 6.45) is 0. The molecule has 21 heavy (non-hydrogen) atoms. The van der Waals surface area contributed by atoms with Crippen molar-refractivity contribution in [2.75, 3.05) is 12.3 Å². The number of nitrogen functional groups attached to an aromatic ring is 1. The molecule has 1 aromatic carbocycles. The zero-order chi connectivity index (χ0) is 15.8. The van der Waals surface area contributed by atoms with Crippen molar-refractivity contribution >= 4 is 23.2 Å². The molecular weight excluding hydrogens is 276 g/mol. The first-order chi connectivity index (χ1) is 9.71. The lowest BCUT2D eigenvalue weighted by Gasteiger charge is -2.40. The van der Waals surface area contributed by atoms with Crippen LogP contribution in [0.15, 0.2) is 18.2 Å². The number of hydrogen-bond donors (Lipinski definition) is 2. The number of nitrogens with one attached hydrogen (secondary N) is 1. The summed E-state index contributed by atoms with van der Waals surface area (Å²) >= 11 is 0. The number of carbonyl (C=O) groups excluding carboxylic acids is 2. The molecule has 1 saturated heterocycles. The predicted molar refractivity (Wildman–Crippen MR) is 75.1 cm³/mol. The van der Waals surface area contributed by atoms with Gasteiger partial charge in [-0.25, -0.2) is 0 Å². The number of hydrogen-bond acceptors (Lipinski definition) is 6. The Balaban J connectivity index is 2.32. The molecule has 1 aromatic rings. The van der Waals surface area contributed by atoms with E-state index in [4.69, 9.17) is 5.73 Å². The van der Waals surface area contributed by atoms with Gasteiger partial charge in [-0.1, -0.05) is 0 Å². The molecule has 8 heteroatoms. The van der Waals surface area contributed by atoms with E-state index in [-0.39, 0.29) is 18.8 Å². The summed E-state index contributed by atoms with van der Waals surface area (Å²) in [5.41, 5.74) is 5.75. The Morgan fingerprint density at radius 1 is 1.43 bits per heavy atom. The van der Waals surface area contributed by atoms with Gasteiger partial charge in [-0.15, -0.1) is 0 Å². The van der Waals surface area contributed by atoms with Crippen LogP contribution in [-0.2, 0) is 16.1 Å². The third-order valence-corrected chi connectivity index (χ3v) is 3.63. The van der Waals surface area contributed by atoms with Crippen LogP contribution in [0.5, 0.6) is 0 Å². The average Bonchev–Trinajstić information content (AvgIpc) is 2.38. The highest BCUT2D eigenvalue weighted by atomic mass is 16.6. The second kappa shape index (κ2) is 5.13. The molecule has 0 unspecified atom stereocenters. The number of nitro groups is 1. The van der Waals surface area contributed by atoms with E-state index < -0.39 is 22.3 Å². The number of non-ortho nitro benzene ring substituents is 1. The molecular formula is C13H16N4O4. The number of nitro benzene ring substituents is 1. The smallest absolute Gasteiger partial charge is 0.269 e. The second-order valence-corrected chi connectivity index (χ2v) is 5.43. The van der Waals surface area contributed by atoms with Crippen LogP contribution < -0.4 is 11.1 Å². The third-order valence-electron chi connectivity index (χ3n) is 3.63. The van der Waals surface area contributed by atoms with Crippen molar-refractivity contribution in [3.8, 4) is 0 Å². The number of piperazine rings is 1. The van der Waals surface area contributed by atoms with Gasteiger partial charge in [-0.2, -0.15) is 0 Å². The van der Waals surface area contributed by atoms with E-state index in [1.165, 1.54) is 18.2 Å². The summed E-state index contributed by atoms with van der Waals surface area (Å²) in [4.78, 5) is 35.3. The average molecular weight is 292 g/mol. The first kappa shape index (κ1) is 14.9. The molecule has 2 rings (SSSR count). The maximum Gasteiger partial charge on any atom is 0.269 e. The van der Waals surface area contributed by atoms with Crippen LogP contribution in [0.4, 0.5) is 11.4 Å². The summed E-state index contributed by atoms with van der Waals surface area (Å²) in [5, 5.41) is 13.1. The largest absolute Gasteiger partial charge is 0.398 e. The first-order valence-electron chi connectivity index (χ1n) is 6.34. The van der Waals surface area contributed by atoms with Crippen molar-refractivity contribution in [1.29, 1.82) is 0 Å². The van der Waals surface area contributed by atoms with E-state index in [0.717, 1.165) is 0 Å². The van der Waals surface area contributed by atoms with E-state index in [0.29, 0.717) is 11.3 Å². The van der Waals surface area contributed by atoms with Gasteiger partial charge in [-0.3, -0.25) is 29.9 Å². The van der Waals surface area contributed by atoms with Crippen LogP contribution in [0.2, 0.25) is 0 Å². The molecule has 112 valence electrons. The molecule has 0 aliphatic carbocycles. The van der Waals surface area contributed by atoms with Gasteiger partial charge >= 0.3 is 0 Å². The van der Waals surface area contributed by atoms with Gasteiger partial charge in [0.1, 0.15) is 0 Å². The molecule has 1 aliphatic rings. The lowest BCUT2D eigenvalue weighted by molar-refractivity contribution is -0.384. The van der Waals surface area contributed by atoms with Gasteiger partial charge in [0.15, 0.2) is 0 Å². The standard InChI is InChI=1S/C13H16N4O4/c1-13(2)12(19)15-11(18)7-16(13)6-8-5-9(17(20)21)3-4-10(8)14/h3-5H,6-7,14H2,1-2H3,(H,15,18,19). The molecule has 0 radical (unpaired) electrons. The fourth-order valence-corrected chi connectivity index (χ4v) is 2.14. The molecule has 0 bridgehead atoms. The summed E-state index contributed by atoms with van der Waals surface area (Å²) < 4.78 is 0. The number of benzene rings is 1. The SMILES string of the molecule is CC1(C)C(=O)NC(=O)CN1Cc1cc([N+](=O)[O-])ccc1N. The van der Waals surface area contributed by atoms with Crippen LogP contribution >= 0.6 is 0 Å². The minimum Gasteiger partial charge on any atom is -0.398 e. The van der Waals surface area contributed by atoms with Crippen LogP contribution in [0.1, 0.15) is 19.4 Å². The van der Waals surface area contributed by atoms with Crippen molar-refractivity contribution in [3.63, 3.8) is 0 Å².